The average Bonchev–Trinajstić information content (AvgIpc) is 3.37. The number of amides is 3. The Morgan fingerprint density at radius 3 is 0.854 bits per heavy atom. The normalized spacial score (nSPS) is 17.0. The maximum Gasteiger partial charge on any atom is 0.410 e. The molecule has 23 heteroatoms. The monoisotopic (exact) mass is 1150 g/mol. The summed E-state index contributed by atoms with van der Waals surface area (Å²) in [5, 5.41) is 6.89. The number of nitrogens with zero attached hydrogens (tertiary/aromatic N) is 8. The second-order valence-corrected chi connectivity index (χ2v) is 24.3. The van der Waals surface area contributed by atoms with Crippen LogP contribution in [-0.4, -0.2) is 253 Å². The number of carbonyl (C=O) groups is 8. The highest BCUT2D eigenvalue weighted by molar-refractivity contribution is 5.79. The second kappa shape index (κ2) is 34.3. The molecule has 460 valence electrons. The summed E-state index contributed by atoms with van der Waals surface area (Å²) in [5.74, 6) is -1.99. The van der Waals surface area contributed by atoms with E-state index >= 15 is 4.79 Å². The third-order valence-electron chi connectivity index (χ3n) is 12.3. The molecule has 0 atom stereocenters. The minimum absolute atomic E-state index is 0.0109. The second-order valence-electron chi connectivity index (χ2n) is 24.3. The van der Waals surface area contributed by atoms with Gasteiger partial charge in [0, 0.05) is 105 Å². The topological polar surface area (TPSA) is 238 Å². The summed E-state index contributed by atoms with van der Waals surface area (Å²) < 4.78 is 34.6. The van der Waals surface area contributed by atoms with Crippen molar-refractivity contribution < 1.29 is 71.9 Å². The molecule has 0 aromatic heterocycles. The number of hydrogen-bond acceptors (Lipinski definition) is 19. The van der Waals surface area contributed by atoms with Crippen LogP contribution in [0.15, 0.2) is 60.7 Å². The summed E-state index contributed by atoms with van der Waals surface area (Å²) in [5.41, 5.74) is -1.31. The zero-order chi connectivity index (χ0) is 61.1. The number of ether oxygens (including phenoxy) is 6. The van der Waals surface area contributed by atoms with Gasteiger partial charge in [-0.25, -0.2) is 9.59 Å². The van der Waals surface area contributed by atoms with Crippen molar-refractivity contribution in [2.45, 2.75) is 119 Å². The van der Waals surface area contributed by atoms with Crippen LogP contribution in [0.2, 0.25) is 0 Å². The van der Waals surface area contributed by atoms with Gasteiger partial charge in [-0.2, -0.15) is 0 Å². The molecule has 3 amide bonds. The molecule has 0 saturated carbocycles. The Morgan fingerprint density at radius 2 is 0.598 bits per heavy atom. The molecule has 0 spiro atoms. The zero-order valence-corrected chi connectivity index (χ0v) is 50.9. The fourth-order valence-corrected chi connectivity index (χ4v) is 8.58. The van der Waals surface area contributed by atoms with Crippen molar-refractivity contribution in [3.05, 3.63) is 71.8 Å². The van der Waals surface area contributed by atoms with E-state index in [1.807, 2.05) is 106 Å². The first-order chi connectivity index (χ1) is 38.4. The first kappa shape index (κ1) is 69.9. The number of carboxylic acid groups (broad SMARTS) is 1. The van der Waals surface area contributed by atoms with E-state index in [-0.39, 0.29) is 111 Å². The SMILES string of the molecule is CC(C)(C)OC(=O)CN1CCN(CC(=O)OC(C)(C)C)CCN(CC(=O)N2CCN(C(=O)OCc3ccccc3)CCN(CC(=O)OC(C)(C)C)CCN(C(=O)OCc3ccccc3)CC2)CCN(CC(=O)OC(C)(C)C)CC1.O=CO. The maximum atomic E-state index is 15.0. The molecule has 4 rings (SSSR count). The molecule has 2 aromatic rings. The van der Waals surface area contributed by atoms with Crippen LogP contribution >= 0.6 is 0 Å². The van der Waals surface area contributed by atoms with Crippen molar-refractivity contribution in [3.63, 3.8) is 0 Å². The molecule has 2 fully saturated rings. The van der Waals surface area contributed by atoms with E-state index in [0.717, 1.165) is 11.1 Å². The lowest BCUT2D eigenvalue weighted by molar-refractivity contribution is -0.158. The fourth-order valence-electron chi connectivity index (χ4n) is 8.58. The van der Waals surface area contributed by atoms with Crippen LogP contribution in [-0.2, 0) is 70.4 Å². The summed E-state index contributed by atoms with van der Waals surface area (Å²) >= 11 is 0. The lowest BCUT2D eigenvalue weighted by atomic mass is 10.2. The summed E-state index contributed by atoms with van der Waals surface area (Å²) in [4.78, 5) is 119. The van der Waals surface area contributed by atoms with E-state index in [1.165, 1.54) is 9.80 Å². The van der Waals surface area contributed by atoms with Crippen molar-refractivity contribution in [3.8, 4) is 0 Å². The number of hydrogen-bond donors (Lipinski definition) is 1. The Kier molecular flexibility index (Phi) is 29.2. The van der Waals surface area contributed by atoms with E-state index in [0.29, 0.717) is 52.4 Å². The summed E-state index contributed by atoms with van der Waals surface area (Å²) in [7, 11) is 0. The van der Waals surface area contributed by atoms with E-state index in [2.05, 4.69) is 0 Å². The van der Waals surface area contributed by atoms with Gasteiger partial charge in [-0.3, -0.25) is 53.3 Å². The molecule has 2 saturated heterocycles. The van der Waals surface area contributed by atoms with Gasteiger partial charge in [0.1, 0.15) is 35.6 Å². The lowest BCUT2D eigenvalue weighted by Crippen LogP contribution is -2.53. The molecule has 0 bridgehead atoms. The molecule has 82 heavy (non-hydrogen) atoms. The van der Waals surface area contributed by atoms with Gasteiger partial charge in [0.25, 0.3) is 6.47 Å². The van der Waals surface area contributed by atoms with Gasteiger partial charge in [-0.15, -0.1) is 0 Å². The Balaban J connectivity index is 0.00000575. The minimum atomic E-state index is -0.741. The first-order valence-corrected chi connectivity index (χ1v) is 28.1. The van der Waals surface area contributed by atoms with E-state index in [4.69, 9.17) is 38.3 Å². The van der Waals surface area contributed by atoms with Crippen molar-refractivity contribution in [2.75, 3.05) is 137 Å². The predicted octanol–water partition coefficient (Wildman–Crippen LogP) is 4.70. The Labute approximate surface area is 485 Å². The highest BCUT2D eigenvalue weighted by Crippen LogP contribution is 2.15. The van der Waals surface area contributed by atoms with Gasteiger partial charge in [-0.05, 0) is 94.2 Å². The number of esters is 4. The summed E-state index contributed by atoms with van der Waals surface area (Å²) in [6, 6.07) is 18.6. The van der Waals surface area contributed by atoms with Gasteiger partial charge in [0.2, 0.25) is 5.91 Å². The first-order valence-electron chi connectivity index (χ1n) is 28.1. The van der Waals surface area contributed by atoms with Crippen LogP contribution in [0.1, 0.15) is 94.2 Å². The quantitative estimate of drug-likeness (QED) is 0.153. The molecular formula is C59H94N8O15. The molecule has 2 aliphatic rings. The molecular weight excluding hydrogens is 1060 g/mol. The Morgan fingerprint density at radius 1 is 0.378 bits per heavy atom. The molecule has 0 radical (unpaired) electrons. The maximum absolute atomic E-state index is 15.0. The van der Waals surface area contributed by atoms with Crippen LogP contribution in [0.5, 0.6) is 0 Å². The van der Waals surface area contributed by atoms with Gasteiger partial charge in [0.15, 0.2) is 0 Å². The third kappa shape index (κ3) is 31.1. The highest BCUT2D eigenvalue weighted by Gasteiger charge is 2.30. The van der Waals surface area contributed by atoms with E-state index in [1.54, 1.807) is 67.2 Å². The minimum Gasteiger partial charge on any atom is -0.483 e. The van der Waals surface area contributed by atoms with E-state index in [9.17, 15) is 28.8 Å². The van der Waals surface area contributed by atoms with Gasteiger partial charge in [-0.1, -0.05) is 60.7 Å². The van der Waals surface area contributed by atoms with Crippen molar-refractivity contribution >= 4 is 48.4 Å². The Bertz CT molecular complexity index is 2180. The molecule has 23 nitrogen and oxygen atoms in total. The summed E-state index contributed by atoms with van der Waals surface area (Å²) in [6.45, 7) is 24.8. The average molecular weight is 1160 g/mol. The number of benzene rings is 2. The van der Waals surface area contributed by atoms with Gasteiger partial charge in [0.05, 0.1) is 32.7 Å². The van der Waals surface area contributed by atoms with Gasteiger partial charge >= 0.3 is 36.1 Å². The van der Waals surface area contributed by atoms with Crippen LogP contribution in [0, 0.1) is 0 Å². The van der Waals surface area contributed by atoms with Crippen LogP contribution in [0.4, 0.5) is 9.59 Å². The number of carbonyl (C=O) groups excluding carboxylic acids is 7. The van der Waals surface area contributed by atoms with Crippen molar-refractivity contribution in [2.24, 2.45) is 0 Å². The molecule has 1 N–H and O–H groups in total. The highest BCUT2D eigenvalue weighted by atomic mass is 16.6. The molecule has 0 unspecified atom stereocenters. The molecule has 0 aliphatic carbocycles. The number of rotatable bonds is 14. The van der Waals surface area contributed by atoms with Gasteiger partial charge < -0.3 is 48.2 Å². The molecule has 2 heterocycles. The van der Waals surface area contributed by atoms with E-state index < -0.39 is 58.5 Å². The fraction of sp³-hybridized carbons (Fsp3) is 0.661. The predicted molar refractivity (Wildman–Crippen MR) is 307 cm³/mol. The Hall–Kier alpha value is -6.40. The molecule has 2 aliphatic heterocycles. The standard InChI is InChI=1S/C58H92N8O13.CH2O2/c1-55(2,3)76-49(68)40-60-25-23-59(24-26-61(41-50(69)77-56(4,5)6)28-30-62(29-27-60)42-51(70)78-57(7,8)9)39-48(67)64-35-37-65(53(72)74-44-46-19-15-13-16-20-46)33-31-63(43-52(71)79-58(10,11)12)32-34-66(38-36-64)54(73)75-45-47-21-17-14-18-22-47;2-1-3/h13-22H,23-45H2,1-12H3;1H,(H,2,3). The smallest absolute Gasteiger partial charge is 0.410 e. The zero-order valence-electron chi connectivity index (χ0n) is 50.9. The third-order valence-corrected chi connectivity index (χ3v) is 12.3. The van der Waals surface area contributed by atoms with Crippen LogP contribution in [0.25, 0.3) is 0 Å². The lowest BCUT2D eigenvalue weighted by Gasteiger charge is -2.36. The summed E-state index contributed by atoms with van der Waals surface area (Å²) in [6.07, 6.45) is -1.20. The van der Waals surface area contributed by atoms with Crippen molar-refractivity contribution in [1.29, 1.82) is 0 Å². The van der Waals surface area contributed by atoms with Crippen LogP contribution < -0.4 is 0 Å². The molecule has 2 aromatic carbocycles. The van der Waals surface area contributed by atoms with Crippen molar-refractivity contribution in [1.82, 2.24) is 39.2 Å². The largest absolute Gasteiger partial charge is 0.483 e. The van der Waals surface area contributed by atoms with Crippen LogP contribution in [0.3, 0.4) is 0 Å².